The largest absolute Gasteiger partial charge is 0.478 e. The molecule has 1 saturated heterocycles. The summed E-state index contributed by atoms with van der Waals surface area (Å²) in [6.45, 7) is 6.13. The number of hydrogen-bond acceptors (Lipinski definition) is 4. The van der Waals surface area contributed by atoms with E-state index in [1.165, 1.54) is 5.56 Å². The lowest BCUT2D eigenvalue weighted by Crippen LogP contribution is -2.29. The molecule has 1 fully saturated rings. The van der Waals surface area contributed by atoms with Crippen molar-refractivity contribution in [2.45, 2.75) is 32.9 Å². The summed E-state index contributed by atoms with van der Waals surface area (Å²) >= 11 is 5.93. The van der Waals surface area contributed by atoms with Crippen LogP contribution in [0.1, 0.15) is 50.7 Å². The number of carboxylic acid groups (broad SMARTS) is 1. The molecule has 2 aromatic heterocycles. The first-order chi connectivity index (χ1) is 20.3. The van der Waals surface area contributed by atoms with Gasteiger partial charge in [-0.25, -0.2) is 4.79 Å². The van der Waals surface area contributed by atoms with E-state index in [9.17, 15) is 9.90 Å². The maximum absolute atomic E-state index is 11.7. The van der Waals surface area contributed by atoms with Gasteiger partial charge in [0.15, 0.2) is 5.11 Å². The summed E-state index contributed by atoms with van der Waals surface area (Å²) in [7, 11) is 0. The molecular weight excluding hydrogens is 544 g/mol. The van der Waals surface area contributed by atoms with Gasteiger partial charge in [0, 0.05) is 29.0 Å². The number of nitrogens with one attached hydrogen (secondary N) is 1. The van der Waals surface area contributed by atoms with Crippen LogP contribution in [0.5, 0.6) is 11.5 Å². The molecule has 2 atom stereocenters. The van der Waals surface area contributed by atoms with Crippen molar-refractivity contribution in [3.63, 3.8) is 0 Å². The fourth-order valence-corrected chi connectivity index (χ4v) is 5.97. The first-order valence-corrected chi connectivity index (χ1v) is 14.1. The van der Waals surface area contributed by atoms with Crippen molar-refractivity contribution in [3.8, 4) is 17.2 Å². The number of hydrogen-bond donors (Lipinski definition) is 2. The number of ether oxygens (including phenoxy) is 1. The van der Waals surface area contributed by atoms with Crippen LogP contribution in [0.15, 0.2) is 103 Å². The number of nitrogens with zero attached hydrogens (tertiary/aromatic N) is 3. The van der Waals surface area contributed by atoms with Crippen molar-refractivity contribution in [1.29, 1.82) is 0 Å². The first kappa shape index (κ1) is 27.2. The molecule has 0 aliphatic carbocycles. The molecule has 1 aliphatic heterocycles. The SMILES string of the molecule is Cc1ccc(Oc2ccc(N3C(=S)N[C@H](c4ccccn4)[C@H]3c3cc(C)n(-c4cccc(C(=O)O)c4)c3C)cc2)cc1. The highest BCUT2D eigenvalue weighted by Gasteiger charge is 2.42. The van der Waals surface area contributed by atoms with Gasteiger partial charge < -0.3 is 24.6 Å². The molecule has 3 heterocycles. The number of carbonyl (C=O) groups is 1. The molecule has 0 bridgehead atoms. The molecule has 5 aromatic rings. The Bertz CT molecular complexity index is 1770. The minimum absolute atomic E-state index is 0.207. The highest BCUT2D eigenvalue weighted by molar-refractivity contribution is 7.80. The minimum Gasteiger partial charge on any atom is -0.478 e. The van der Waals surface area contributed by atoms with E-state index in [1.54, 1.807) is 24.4 Å². The molecule has 7 nitrogen and oxygen atoms in total. The topological polar surface area (TPSA) is 79.6 Å². The number of aromatic carboxylic acids is 1. The minimum atomic E-state index is -0.957. The van der Waals surface area contributed by atoms with Crippen LogP contribution in [-0.4, -0.2) is 25.7 Å². The Balaban J connectivity index is 1.41. The smallest absolute Gasteiger partial charge is 0.335 e. The average Bonchev–Trinajstić information content (AvgIpc) is 3.49. The van der Waals surface area contributed by atoms with Crippen molar-refractivity contribution < 1.29 is 14.6 Å². The van der Waals surface area contributed by atoms with E-state index >= 15 is 0 Å². The summed E-state index contributed by atoms with van der Waals surface area (Å²) in [6.07, 6.45) is 1.79. The third-order valence-electron chi connectivity index (χ3n) is 7.61. The Hall–Kier alpha value is -4.95. The maximum Gasteiger partial charge on any atom is 0.335 e. The first-order valence-electron chi connectivity index (χ1n) is 13.7. The maximum atomic E-state index is 11.7. The zero-order chi connectivity index (χ0) is 29.4. The molecule has 2 N–H and O–H groups in total. The molecule has 0 radical (unpaired) electrons. The van der Waals surface area contributed by atoms with Gasteiger partial charge in [-0.05, 0) is 111 Å². The zero-order valence-electron chi connectivity index (χ0n) is 23.5. The number of pyridine rings is 1. The number of thiocarbonyl (C=S) groups is 1. The summed E-state index contributed by atoms with van der Waals surface area (Å²) in [5.41, 5.74) is 7.07. The van der Waals surface area contributed by atoms with E-state index in [-0.39, 0.29) is 17.6 Å². The van der Waals surface area contributed by atoms with Gasteiger partial charge in [0.05, 0.1) is 23.3 Å². The quantitative estimate of drug-likeness (QED) is 0.195. The number of carboxylic acids is 1. The van der Waals surface area contributed by atoms with Crippen LogP contribution in [0, 0.1) is 20.8 Å². The van der Waals surface area contributed by atoms with Crippen molar-refractivity contribution in [1.82, 2.24) is 14.9 Å². The van der Waals surface area contributed by atoms with Crippen LogP contribution in [0.2, 0.25) is 0 Å². The monoisotopic (exact) mass is 574 g/mol. The summed E-state index contributed by atoms with van der Waals surface area (Å²) in [5.74, 6) is 0.551. The highest BCUT2D eigenvalue weighted by Crippen LogP contribution is 2.44. The zero-order valence-corrected chi connectivity index (χ0v) is 24.3. The Morgan fingerprint density at radius 2 is 1.60 bits per heavy atom. The average molecular weight is 575 g/mol. The van der Waals surface area contributed by atoms with E-state index in [4.69, 9.17) is 17.0 Å². The molecule has 0 unspecified atom stereocenters. The lowest BCUT2D eigenvalue weighted by atomic mass is 9.96. The van der Waals surface area contributed by atoms with Gasteiger partial charge in [0.25, 0.3) is 0 Å². The molecule has 0 saturated carbocycles. The number of rotatable bonds is 7. The Morgan fingerprint density at radius 3 is 2.26 bits per heavy atom. The summed E-state index contributed by atoms with van der Waals surface area (Å²) in [4.78, 5) is 18.5. The second-order valence-electron chi connectivity index (χ2n) is 10.4. The van der Waals surface area contributed by atoms with Crippen LogP contribution in [0.4, 0.5) is 5.69 Å². The number of benzene rings is 3. The van der Waals surface area contributed by atoms with Gasteiger partial charge in [0.2, 0.25) is 0 Å². The summed E-state index contributed by atoms with van der Waals surface area (Å²) in [5, 5.41) is 13.7. The van der Waals surface area contributed by atoms with Crippen LogP contribution in [0.25, 0.3) is 5.69 Å². The fraction of sp³-hybridized carbons (Fsp3) is 0.147. The van der Waals surface area contributed by atoms with Gasteiger partial charge in [0.1, 0.15) is 11.5 Å². The molecule has 6 rings (SSSR count). The van der Waals surface area contributed by atoms with E-state index in [2.05, 4.69) is 32.8 Å². The van der Waals surface area contributed by atoms with Gasteiger partial charge >= 0.3 is 5.97 Å². The molecule has 42 heavy (non-hydrogen) atoms. The van der Waals surface area contributed by atoms with Crippen molar-refractivity contribution >= 4 is 29.0 Å². The molecule has 0 spiro atoms. The number of anilines is 1. The van der Waals surface area contributed by atoms with E-state index in [1.807, 2.05) is 86.6 Å². The lowest BCUT2D eigenvalue weighted by Gasteiger charge is -2.28. The van der Waals surface area contributed by atoms with Crippen molar-refractivity contribution in [2.75, 3.05) is 4.90 Å². The molecule has 210 valence electrons. The normalized spacial score (nSPS) is 16.4. The molecule has 0 amide bonds. The number of aryl methyl sites for hydroxylation is 2. The second-order valence-corrected chi connectivity index (χ2v) is 10.8. The van der Waals surface area contributed by atoms with Gasteiger partial charge in [-0.15, -0.1) is 0 Å². The molecule has 3 aromatic carbocycles. The Kier molecular flexibility index (Phi) is 7.22. The Labute approximate surface area is 250 Å². The molecule has 8 heteroatoms. The molecular formula is C34H30N4O3S. The van der Waals surface area contributed by atoms with Crippen LogP contribution in [-0.2, 0) is 0 Å². The van der Waals surface area contributed by atoms with E-state index in [0.29, 0.717) is 5.11 Å². The predicted octanol–water partition coefficient (Wildman–Crippen LogP) is 7.47. The molecule has 1 aliphatic rings. The van der Waals surface area contributed by atoms with E-state index < -0.39 is 5.97 Å². The highest BCUT2D eigenvalue weighted by atomic mass is 32.1. The van der Waals surface area contributed by atoms with Gasteiger partial charge in [-0.3, -0.25) is 4.98 Å². The van der Waals surface area contributed by atoms with Gasteiger partial charge in [-0.2, -0.15) is 0 Å². The second kappa shape index (κ2) is 11.1. The predicted molar refractivity (Wildman–Crippen MR) is 168 cm³/mol. The standard InChI is InChI=1S/C34H30N4O3S/c1-21-10-14-27(15-11-21)41-28-16-12-25(13-17-28)38-32(31(36-34(38)42)30-9-4-5-18-35-30)29-19-22(2)37(23(29)3)26-8-6-7-24(20-26)33(39)40/h4-20,31-32H,1-3H3,(H,36,42)(H,39,40)/t31-,32-/m1/s1. The van der Waals surface area contributed by atoms with Crippen LogP contribution < -0.4 is 15.0 Å². The fourth-order valence-electron chi connectivity index (χ4n) is 5.63. The van der Waals surface area contributed by atoms with Crippen molar-refractivity contribution in [2.24, 2.45) is 0 Å². The van der Waals surface area contributed by atoms with Crippen molar-refractivity contribution in [3.05, 3.63) is 137 Å². The Morgan fingerprint density at radius 1 is 0.881 bits per heavy atom. The number of aromatic nitrogens is 2. The van der Waals surface area contributed by atoms with E-state index in [0.717, 1.165) is 45.5 Å². The summed E-state index contributed by atoms with van der Waals surface area (Å²) < 4.78 is 8.16. The van der Waals surface area contributed by atoms with Crippen LogP contribution >= 0.6 is 12.2 Å². The third-order valence-corrected chi connectivity index (χ3v) is 7.92. The third kappa shape index (κ3) is 5.12. The summed E-state index contributed by atoms with van der Waals surface area (Å²) in [6, 6.07) is 30.5. The van der Waals surface area contributed by atoms with Gasteiger partial charge in [-0.1, -0.05) is 29.8 Å². The lowest BCUT2D eigenvalue weighted by molar-refractivity contribution is 0.0697. The van der Waals surface area contributed by atoms with Crippen LogP contribution in [0.3, 0.4) is 0 Å².